The first-order valence-corrected chi connectivity index (χ1v) is 3.18. The van der Waals surface area contributed by atoms with Gasteiger partial charge in [-0.05, 0) is 12.2 Å². The minimum Gasteiger partial charge on any atom is -0.326 e. The van der Waals surface area contributed by atoms with Crippen LogP contribution < -0.4 is 0 Å². The Balaban J connectivity index is 2.34. The summed E-state index contributed by atoms with van der Waals surface area (Å²) in [5.74, 6) is 0.921. The van der Waals surface area contributed by atoms with Gasteiger partial charge >= 0.3 is 0 Å². The molecule has 0 aromatic rings. The fourth-order valence-corrected chi connectivity index (χ4v) is 0.937. The van der Waals surface area contributed by atoms with Crippen molar-refractivity contribution in [3.05, 3.63) is 24.4 Å². The van der Waals surface area contributed by atoms with Gasteiger partial charge in [-0.3, -0.25) is 0 Å². The Hall–Kier alpha value is -1.38. The molecule has 0 N–H and O–H groups in total. The molecule has 0 saturated heterocycles. The maximum absolute atomic E-state index is 3.93. The van der Waals surface area contributed by atoms with Crippen LogP contribution in [0.2, 0.25) is 0 Å². The number of fused-ring (bicyclic) bond motifs is 1. The van der Waals surface area contributed by atoms with Crippen molar-refractivity contribution in [3.8, 4) is 0 Å². The third kappa shape index (κ3) is 0.757. The van der Waals surface area contributed by atoms with Gasteiger partial charge in [0.15, 0.2) is 5.84 Å². The van der Waals surface area contributed by atoms with Crippen LogP contribution in [-0.4, -0.2) is 23.5 Å². The quantitative estimate of drug-likeness (QED) is 0.479. The summed E-state index contributed by atoms with van der Waals surface area (Å²) in [4.78, 5) is 2.03. The summed E-state index contributed by atoms with van der Waals surface area (Å²) in [6.45, 7) is 0.833. The van der Waals surface area contributed by atoms with Gasteiger partial charge in [0.25, 0.3) is 0 Å². The van der Waals surface area contributed by atoms with E-state index in [9.17, 15) is 0 Å². The summed E-state index contributed by atoms with van der Waals surface area (Å²) in [7, 11) is 0. The maximum Gasteiger partial charge on any atom is 0.155 e. The molecule has 0 fully saturated rings. The number of nitrogens with zero attached hydrogens (tertiary/aromatic N) is 3. The van der Waals surface area contributed by atoms with Gasteiger partial charge in [-0.25, -0.2) is 0 Å². The molecule has 2 heterocycles. The van der Waals surface area contributed by atoms with Crippen LogP contribution in [-0.2, 0) is 0 Å². The standard InChI is InChI=1S/C7H7N3/c1-2-5-10-6-4-8-9-7(10)3-1/h1-5H,6H2. The molecule has 10 heavy (non-hydrogen) atoms. The van der Waals surface area contributed by atoms with Crippen molar-refractivity contribution in [3.63, 3.8) is 0 Å². The van der Waals surface area contributed by atoms with Gasteiger partial charge in [-0.15, -0.1) is 5.10 Å². The number of amidine groups is 1. The highest BCUT2D eigenvalue weighted by molar-refractivity contribution is 5.97. The second kappa shape index (κ2) is 2.10. The van der Waals surface area contributed by atoms with Crippen molar-refractivity contribution < 1.29 is 0 Å². The topological polar surface area (TPSA) is 28.0 Å². The zero-order valence-corrected chi connectivity index (χ0v) is 5.44. The third-order valence-electron chi connectivity index (χ3n) is 1.44. The van der Waals surface area contributed by atoms with Crippen molar-refractivity contribution in [2.45, 2.75) is 0 Å². The molecule has 0 aromatic heterocycles. The molecule has 0 aromatic carbocycles. The molecular formula is C7H7N3. The van der Waals surface area contributed by atoms with Gasteiger partial charge < -0.3 is 4.90 Å². The van der Waals surface area contributed by atoms with Crippen LogP contribution in [0.25, 0.3) is 0 Å². The average molecular weight is 133 g/mol. The third-order valence-corrected chi connectivity index (χ3v) is 1.44. The van der Waals surface area contributed by atoms with Gasteiger partial charge in [0.1, 0.15) is 0 Å². The van der Waals surface area contributed by atoms with Gasteiger partial charge in [-0.2, -0.15) is 5.10 Å². The molecule has 0 unspecified atom stereocenters. The van der Waals surface area contributed by atoms with E-state index in [1.165, 1.54) is 0 Å². The zero-order chi connectivity index (χ0) is 6.81. The Labute approximate surface area is 59.1 Å². The maximum atomic E-state index is 3.93. The largest absolute Gasteiger partial charge is 0.326 e. The van der Waals surface area contributed by atoms with E-state index in [1.807, 2.05) is 29.3 Å². The molecule has 0 atom stereocenters. The van der Waals surface area contributed by atoms with E-state index in [2.05, 4.69) is 10.2 Å². The smallest absolute Gasteiger partial charge is 0.155 e. The summed E-state index contributed by atoms with van der Waals surface area (Å²) in [6.07, 6.45) is 9.65. The van der Waals surface area contributed by atoms with Crippen LogP contribution in [0.15, 0.2) is 34.6 Å². The lowest BCUT2D eigenvalue weighted by atomic mass is 10.3. The number of allylic oxidation sites excluding steroid dienone is 2. The minimum atomic E-state index is 0.833. The molecule has 0 saturated carbocycles. The monoisotopic (exact) mass is 133 g/mol. The highest BCUT2D eigenvalue weighted by atomic mass is 15.3. The predicted molar refractivity (Wildman–Crippen MR) is 40.9 cm³/mol. The first kappa shape index (κ1) is 5.41. The van der Waals surface area contributed by atoms with Crippen LogP contribution in [0.3, 0.4) is 0 Å². The van der Waals surface area contributed by atoms with E-state index in [-0.39, 0.29) is 0 Å². The van der Waals surface area contributed by atoms with Gasteiger partial charge in [0, 0.05) is 12.4 Å². The summed E-state index contributed by atoms with van der Waals surface area (Å²) in [5, 5.41) is 7.72. The van der Waals surface area contributed by atoms with E-state index in [1.54, 1.807) is 6.21 Å². The van der Waals surface area contributed by atoms with Crippen molar-refractivity contribution in [2.75, 3.05) is 6.54 Å². The molecule has 2 aliphatic heterocycles. The molecule has 2 rings (SSSR count). The van der Waals surface area contributed by atoms with Gasteiger partial charge in [-0.1, -0.05) is 6.08 Å². The zero-order valence-electron chi connectivity index (χ0n) is 5.44. The molecule has 50 valence electrons. The highest BCUT2D eigenvalue weighted by Crippen LogP contribution is 2.04. The minimum absolute atomic E-state index is 0.833. The average Bonchev–Trinajstić information content (AvgIpc) is 2.05. The predicted octanol–water partition coefficient (Wildman–Crippen LogP) is 0.770. The number of hydrogen-bond donors (Lipinski definition) is 0. The molecule has 0 bridgehead atoms. The Morgan fingerprint density at radius 2 is 2.40 bits per heavy atom. The van der Waals surface area contributed by atoms with Crippen LogP contribution >= 0.6 is 0 Å². The molecule has 0 radical (unpaired) electrons. The summed E-state index contributed by atoms with van der Waals surface area (Å²) in [5.41, 5.74) is 0. The molecule has 0 spiro atoms. The Kier molecular flexibility index (Phi) is 1.13. The lowest BCUT2D eigenvalue weighted by molar-refractivity contribution is 0.631. The summed E-state index contributed by atoms with van der Waals surface area (Å²) < 4.78 is 0. The van der Waals surface area contributed by atoms with Gasteiger partial charge in [0.2, 0.25) is 0 Å². The molecule has 3 heteroatoms. The number of rotatable bonds is 0. The normalized spacial score (nSPS) is 20.8. The van der Waals surface area contributed by atoms with E-state index >= 15 is 0 Å². The van der Waals surface area contributed by atoms with Crippen LogP contribution in [0.1, 0.15) is 0 Å². The summed E-state index contributed by atoms with van der Waals surface area (Å²) >= 11 is 0. The van der Waals surface area contributed by atoms with E-state index in [0.29, 0.717) is 0 Å². The lowest BCUT2D eigenvalue weighted by Crippen LogP contribution is -2.29. The van der Waals surface area contributed by atoms with Crippen molar-refractivity contribution >= 4 is 12.1 Å². The fraction of sp³-hybridized carbons (Fsp3) is 0.143. The molecule has 2 aliphatic rings. The fourth-order valence-electron chi connectivity index (χ4n) is 0.937. The molecule has 0 amide bonds. The van der Waals surface area contributed by atoms with Crippen molar-refractivity contribution in [1.82, 2.24) is 4.90 Å². The molecule has 0 aliphatic carbocycles. The van der Waals surface area contributed by atoms with Crippen LogP contribution in [0.5, 0.6) is 0 Å². The first-order valence-electron chi connectivity index (χ1n) is 3.18. The SMILES string of the molecule is C1=CC2=NN=CCN2C=C1. The number of hydrogen-bond acceptors (Lipinski definition) is 3. The van der Waals surface area contributed by atoms with E-state index in [4.69, 9.17) is 0 Å². The van der Waals surface area contributed by atoms with Crippen molar-refractivity contribution in [1.29, 1.82) is 0 Å². The first-order chi connectivity index (χ1) is 4.97. The second-order valence-corrected chi connectivity index (χ2v) is 2.11. The molecule has 3 nitrogen and oxygen atoms in total. The Morgan fingerprint density at radius 3 is 3.30 bits per heavy atom. The Morgan fingerprint density at radius 1 is 1.40 bits per heavy atom. The second-order valence-electron chi connectivity index (χ2n) is 2.11. The van der Waals surface area contributed by atoms with Crippen LogP contribution in [0, 0.1) is 0 Å². The summed E-state index contributed by atoms with van der Waals surface area (Å²) in [6, 6.07) is 0. The highest BCUT2D eigenvalue weighted by Gasteiger charge is 2.08. The van der Waals surface area contributed by atoms with E-state index in [0.717, 1.165) is 12.4 Å². The Bertz CT molecular complexity index is 248. The van der Waals surface area contributed by atoms with Crippen molar-refractivity contribution in [2.24, 2.45) is 10.2 Å². The molecular weight excluding hydrogens is 126 g/mol. The van der Waals surface area contributed by atoms with Crippen LogP contribution in [0.4, 0.5) is 0 Å². The van der Waals surface area contributed by atoms with Gasteiger partial charge in [0.05, 0.1) is 6.54 Å². The lowest BCUT2D eigenvalue weighted by Gasteiger charge is -2.20. The van der Waals surface area contributed by atoms with E-state index < -0.39 is 0 Å².